The van der Waals surface area contributed by atoms with E-state index < -0.39 is 0 Å². The number of hydrogen-bond donors (Lipinski definition) is 1. The first-order chi connectivity index (χ1) is 9.52. The lowest BCUT2D eigenvalue weighted by Gasteiger charge is -2.21. The molecule has 2 rings (SSSR count). The van der Waals surface area contributed by atoms with E-state index in [0.717, 1.165) is 27.8 Å². The maximum atomic E-state index is 14.4. The molecule has 0 spiro atoms. The van der Waals surface area contributed by atoms with Gasteiger partial charge in [0.1, 0.15) is 5.82 Å². The van der Waals surface area contributed by atoms with Crippen LogP contribution in [0.1, 0.15) is 35.3 Å². The van der Waals surface area contributed by atoms with Gasteiger partial charge in [-0.05, 0) is 65.6 Å². The number of nitrogens with one attached hydrogen (secondary N) is 1. The SMILES string of the molecule is CCNC(c1ccc(Br)cn1)c1c(C)cc(C)cc1F. The topological polar surface area (TPSA) is 24.9 Å². The van der Waals surface area contributed by atoms with Crippen molar-refractivity contribution in [2.75, 3.05) is 6.54 Å². The predicted octanol–water partition coefficient (Wildman–Crippen LogP) is 4.30. The number of rotatable bonds is 4. The second-order valence-electron chi connectivity index (χ2n) is 4.87. The van der Waals surface area contributed by atoms with Crippen LogP contribution < -0.4 is 5.32 Å². The highest BCUT2D eigenvalue weighted by Crippen LogP contribution is 2.27. The molecule has 4 heteroatoms. The highest BCUT2D eigenvalue weighted by Gasteiger charge is 2.20. The Morgan fingerprint density at radius 1 is 1.30 bits per heavy atom. The Morgan fingerprint density at radius 2 is 2.05 bits per heavy atom. The molecule has 1 N–H and O–H groups in total. The smallest absolute Gasteiger partial charge is 0.128 e. The van der Waals surface area contributed by atoms with Crippen molar-refractivity contribution in [3.63, 3.8) is 0 Å². The second-order valence-corrected chi connectivity index (χ2v) is 5.78. The Bertz CT molecular complexity index is 573. The Balaban J connectivity index is 2.51. The zero-order valence-electron chi connectivity index (χ0n) is 11.9. The normalized spacial score (nSPS) is 12.4. The molecule has 0 saturated heterocycles. The first-order valence-electron chi connectivity index (χ1n) is 6.64. The van der Waals surface area contributed by atoms with Crippen molar-refractivity contribution in [3.05, 3.63) is 63.1 Å². The lowest BCUT2D eigenvalue weighted by atomic mass is 9.96. The molecule has 1 heterocycles. The summed E-state index contributed by atoms with van der Waals surface area (Å²) in [6.45, 7) is 6.59. The van der Waals surface area contributed by atoms with E-state index in [9.17, 15) is 4.39 Å². The summed E-state index contributed by atoms with van der Waals surface area (Å²) in [7, 11) is 0. The van der Waals surface area contributed by atoms with E-state index in [-0.39, 0.29) is 11.9 Å². The van der Waals surface area contributed by atoms with Gasteiger partial charge >= 0.3 is 0 Å². The van der Waals surface area contributed by atoms with Crippen LogP contribution in [-0.2, 0) is 0 Å². The van der Waals surface area contributed by atoms with E-state index in [0.29, 0.717) is 5.56 Å². The molecule has 1 unspecified atom stereocenters. The minimum Gasteiger partial charge on any atom is -0.305 e. The van der Waals surface area contributed by atoms with Gasteiger partial charge < -0.3 is 5.32 Å². The summed E-state index contributed by atoms with van der Waals surface area (Å²) >= 11 is 3.37. The summed E-state index contributed by atoms with van der Waals surface area (Å²) in [5.74, 6) is -0.182. The van der Waals surface area contributed by atoms with E-state index >= 15 is 0 Å². The van der Waals surface area contributed by atoms with Crippen molar-refractivity contribution in [1.82, 2.24) is 10.3 Å². The molecule has 1 aromatic heterocycles. The first kappa shape index (κ1) is 15.1. The molecule has 0 aliphatic heterocycles. The molecular formula is C16H18BrFN2. The van der Waals surface area contributed by atoms with Crippen molar-refractivity contribution >= 4 is 15.9 Å². The predicted molar refractivity (Wildman–Crippen MR) is 83.3 cm³/mol. The largest absolute Gasteiger partial charge is 0.305 e. The third-order valence-corrected chi connectivity index (χ3v) is 3.69. The highest BCUT2D eigenvalue weighted by atomic mass is 79.9. The summed E-state index contributed by atoms with van der Waals surface area (Å²) in [4.78, 5) is 4.40. The molecule has 0 radical (unpaired) electrons. The number of hydrogen-bond acceptors (Lipinski definition) is 2. The molecule has 106 valence electrons. The standard InChI is InChI=1S/C16H18BrFN2/c1-4-19-16(14-6-5-12(17)9-20-14)15-11(3)7-10(2)8-13(15)18/h5-9,16,19H,4H2,1-3H3. The Morgan fingerprint density at radius 3 is 2.60 bits per heavy atom. The van der Waals surface area contributed by atoms with Crippen LogP contribution in [0.15, 0.2) is 34.9 Å². The molecule has 0 fully saturated rings. The molecule has 0 saturated carbocycles. The maximum Gasteiger partial charge on any atom is 0.128 e. The molecule has 1 aromatic carbocycles. The molecule has 0 aliphatic carbocycles. The van der Waals surface area contributed by atoms with Crippen LogP contribution in [0.5, 0.6) is 0 Å². The third kappa shape index (κ3) is 3.25. The summed E-state index contributed by atoms with van der Waals surface area (Å²) < 4.78 is 15.3. The molecule has 1 atom stereocenters. The van der Waals surface area contributed by atoms with Crippen molar-refractivity contribution in [3.8, 4) is 0 Å². The lowest BCUT2D eigenvalue weighted by Crippen LogP contribution is -2.24. The summed E-state index contributed by atoms with van der Waals surface area (Å²) in [5.41, 5.74) is 3.37. The molecular weight excluding hydrogens is 319 g/mol. The molecule has 0 bridgehead atoms. The van der Waals surface area contributed by atoms with Gasteiger partial charge in [-0.3, -0.25) is 4.98 Å². The van der Waals surface area contributed by atoms with Crippen LogP contribution in [0.3, 0.4) is 0 Å². The third-order valence-electron chi connectivity index (χ3n) is 3.22. The fraction of sp³-hybridized carbons (Fsp3) is 0.312. The average molecular weight is 337 g/mol. The summed E-state index contributed by atoms with van der Waals surface area (Å²) in [6.07, 6.45) is 1.74. The molecule has 0 aliphatic rings. The number of aromatic nitrogens is 1. The van der Waals surface area contributed by atoms with Gasteiger partial charge in [0.25, 0.3) is 0 Å². The zero-order valence-corrected chi connectivity index (χ0v) is 13.5. The molecule has 20 heavy (non-hydrogen) atoms. The van der Waals surface area contributed by atoms with Crippen molar-refractivity contribution in [1.29, 1.82) is 0 Å². The number of aryl methyl sites for hydroxylation is 2. The van der Waals surface area contributed by atoms with Gasteiger partial charge in [-0.1, -0.05) is 13.0 Å². The van der Waals surface area contributed by atoms with Crippen LogP contribution in [-0.4, -0.2) is 11.5 Å². The maximum absolute atomic E-state index is 14.4. The minimum absolute atomic E-state index is 0.182. The van der Waals surface area contributed by atoms with E-state index in [1.807, 2.05) is 39.0 Å². The summed E-state index contributed by atoms with van der Waals surface area (Å²) in [6, 6.07) is 7.19. The van der Waals surface area contributed by atoms with Crippen molar-refractivity contribution in [2.24, 2.45) is 0 Å². The second kappa shape index (κ2) is 6.46. The van der Waals surface area contributed by atoms with Gasteiger partial charge in [0, 0.05) is 16.2 Å². The Hall–Kier alpha value is -1.26. The monoisotopic (exact) mass is 336 g/mol. The number of benzene rings is 1. The van der Waals surface area contributed by atoms with Gasteiger partial charge in [-0.2, -0.15) is 0 Å². The van der Waals surface area contributed by atoms with Gasteiger partial charge in [0.15, 0.2) is 0 Å². The fourth-order valence-electron chi connectivity index (χ4n) is 2.41. The first-order valence-corrected chi connectivity index (χ1v) is 7.43. The number of halogens is 2. The quantitative estimate of drug-likeness (QED) is 0.900. The fourth-order valence-corrected chi connectivity index (χ4v) is 2.64. The van der Waals surface area contributed by atoms with Crippen LogP contribution in [0, 0.1) is 19.7 Å². The molecule has 0 amide bonds. The van der Waals surface area contributed by atoms with E-state index in [1.165, 1.54) is 0 Å². The van der Waals surface area contributed by atoms with Gasteiger partial charge in [-0.25, -0.2) is 4.39 Å². The number of pyridine rings is 1. The highest BCUT2D eigenvalue weighted by molar-refractivity contribution is 9.10. The van der Waals surface area contributed by atoms with Gasteiger partial charge in [0.2, 0.25) is 0 Å². The Kier molecular flexibility index (Phi) is 4.89. The van der Waals surface area contributed by atoms with Crippen LogP contribution in [0.4, 0.5) is 4.39 Å². The van der Waals surface area contributed by atoms with Gasteiger partial charge in [0.05, 0.1) is 11.7 Å². The van der Waals surface area contributed by atoms with Crippen molar-refractivity contribution in [2.45, 2.75) is 26.8 Å². The van der Waals surface area contributed by atoms with E-state index in [2.05, 4.69) is 26.2 Å². The zero-order chi connectivity index (χ0) is 14.7. The molecule has 2 nitrogen and oxygen atoms in total. The number of nitrogens with zero attached hydrogens (tertiary/aromatic N) is 1. The van der Waals surface area contributed by atoms with E-state index in [1.54, 1.807) is 12.3 Å². The van der Waals surface area contributed by atoms with Gasteiger partial charge in [-0.15, -0.1) is 0 Å². The Labute approximate surface area is 127 Å². The van der Waals surface area contributed by atoms with E-state index in [4.69, 9.17) is 0 Å². The van der Waals surface area contributed by atoms with Crippen LogP contribution in [0.2, 0.25) is 0 Å². The van der Waals surface area contributed by atoms with Crippen LogP contribution >= 0.6 is 15.9 Å². The average Bonchev–Trinajstić information content (AvgIpc) is 2.37. The minimum atomic E-state index is -0.228. The van der Waals surface area contributed by atoms with Crippen LogP contribution in [0.25, 0.3) is 0 Å². The van der Waals surface area contributed by atoms with Crippen molar-refractivity contribution < 1.29 is 4.39 Å². The lowest BCUT2D eigenvalue weighted by molar-refractivity contribution is 0.548. The summed E-state index contributed by atoms with van der Waals surface area (Å²) in [5, 5.41) is 3.32. The molecule has 2 aromatic rings.